The smallest absolute Gasteiger partial charge is 0.161 e. The van der Waals surface area contributed by atoms with Crippen LogP contribution in [0.3, 0.4) is 0 Å². The molecule has 0 bridgehead atoms. The van der Waals surface area contributed by atoms with Gasteiger partial charge in [0.05, 0.1) is 19.8 Å². The molecule has 118 valence electrons. The zero-order valence-corrected chi connectivity index (χ0v) is 13.1. The van der Waals surface area contributed by atoms with E-state index in [1.54, 1.807) is 7.11 Å². The second-order valence-electron chi connectivity index (χ2n) is 5.72. The van der Waals surface area contributed by atoms with Gasteiger partial charge in [-0.3, -0.25) is 0 Å². The van der Waals surface area contributed by atoms with Gasteiger partial charge in [-0.25, -0.2) is 0 Å². The molecular weight excluding hydrogens is 266 g/mol. The molecule has 4 nitrogen and oxygen atoms in total. The van der Waals surface area contributed by atoms with Crippen LogP contribution in [-0.4, -0.2) is 31.5 Å². The molecule has 0 saturated heterocycles. The van der Waals surface area contributed by atoms with Crippen LogP contribution in [0.2, 0.25) is 0 Å². The lowest BCUT2D eigenvalue weighted by molar-refractivity contribution is 0.131. The van der Waals surface area contributed by atoms with Crippen LogP contribution < -0.4 is 14.8 Å². The molecule has 1 aliphatic rings. The van der Waals surface area contributed by atoms with Gasteiger partial charge in [0.25, 0.3) is 0 Å². The minimum atomic E-state index is -0.128. The van der Waals surface area contributed by atoms with Crippen molar-refractivity contribution in [1.82, 2.24) is 5.32 Å². The highest BCUT2D eigenvalue weighted by Gasteiger charge is 2.24. The number of methoxy groups -OCH3 is 1. The molecule has 1 aliphatic carbocycles. The van der Waals surface area contributed by atoms with Crippen LogP contribution in [-0.2, 0) is 6.54 Å². The van der Waals surface area contributed by atoms with Gasteiger partial charge in [0, 0.05) is 13.1 Å². The van der Waals surface area contributed by atoms with Crippen LogP contribution in [0.1, 0.15) is 38.2 Å². The molecule has 2 unspecified atom stereocenters. The first kappa shape index (κ1) is 16.1. The molecule has 2 rings (SSSR count). The number of hydrogen-bond acceptors (Lipinski definition) is 4. The number of aliphatic hydroxyl groups excluding tert-OH is 1. The average Bonchev–Trinajstić information content (AvgIpc) is 2.91. The normalized spacial score (nSPS) is 21.5. The van der Waals surface area contributed by atoms with Crippen molar-refractivity contribution in [1.29, 1.82) is 0 Å². The molecule has 0 spiro atoms. The van der Waals surface area contributed by atoms with Gasteiger partial charge in [0.2, 0.25) is 0 Å². The summed E-state index contributed by atoms with van der Waals surface area (Å²) in [6.07, 6.45) is 4.07. The van der Waals surface area contributed by atoms with E-state index in [0.29, 0.717) is 12.5 Å². The Morgan fingerprint density at radius 1 is 1.29 bits per heavy atom. The van der Waals surface area contributed by atoms with Gasteiger partial charge in [-0.1, -0.05) is 19.4 Å². The fraction of sp³-hybridized carbons (Fsp3) is 0.647. The minimum absolute atomic E-state index is 0.128. The predicted octanol–water partition coefficient (Wildman–Crippen LogP) is 2.73. The maximum Gasteiger partial charge on any atom is 0.161 e. The highest BCUT2D eigenvalue weighted by Crippen LogP contribution is 2.28. The first-order valence-electron chi connectivity index (χ1n) is 7.93. The predicted molar refractivity (Wildman–Crippen MR) is 83.8 cm³/mol. The van der Waals surface area contributed by atoms with E-state index in [0.717, 1.165) is 50.3 Å². The van der Waals surface area contributed by atoms with Crippen molar-refractivity contribution in [3.05, 3.63) is 23.8 Å². The van der Waals surface area contributed by atoms with Crippen molar-refractivity contribution in [2.45, 2.75) is 45.3 Å². The molecule has 1 fully saturated rings. The van der Waals surface area contributed by atoms with E-state index in [1.807, 2.05) is 12.1 Å². The lowest BCUT2D eigenvalue weighted by Crippen LogP contribution is -2.27. The zero-order valence-electron chi connectivity index (χ0n) is 13.1. The number of hydrogen-bond donors (Lipinski definition) is 2. The fourth-order valence-electron chi connectivity index (χ4n) is 2.81. The molecule has 0 radical (unpaired) electrons. The lowest BCUT2D eigenvalue weighted by Gasteiger charge is -2.16. The highest BCUT2D eigenvalue weighted by molar-refractivity contribution is 5.42. The Morgan fingerprint density at radius 3 is 2.81 bits per heavy atom. The van der Waals surface area contributed by atoms with E-state index < -0.39 is 0 Å². The molecule has 4 heteroatoms. The molecule has 2 N–H and O–H groups in total. The van der Waals surface area contributed by atoms with E-state index in [-0.39, 0.29) is 6.10 Å². The lowest BCUT2D eigenvalue weighted by atomic mass is 10.1. The molecule has 2 atom stereocenters. The van der Waals surface area contributed by atoms with Gasteiger partial charge >= 0.3 is 0 Å². The first-order valence-corrected chi connectivity index (χ1v) is 7.93. The number of rotatable bonds is 8. The maximum atomic E-state index is 9.81. The average molecular weight is 293 g/mol. The van der Waals surface area contributed by atoms with Crippen LogP contribution in [0.25, 0.3) is 0 Å². The number of ether oxygens (including phenoxy) is 2. The van der Waals surface area contributed by atoms with Crippen molar-refractivity contribution in [3.8, 4) is 11.5 Å². The minimum Gasteiger partial charge on any atom is -0.493 e. The third kappa shape index (κ3) is 4.61. The van der Waals surface area contributed by atoms with E-state index in [9.17, 15) is 5.11 Å². The zero-order chi connectivity index (χ0) is 15.1. The van der Waals surface area contributed by atoms with Crippen molar-refractivity contribution < 1.29 is 14.6 Å². The van der Waals surface area contributed by atoms with Crippen molar-refractivity contribution in [2.75, 3.05) is 20.3 Å². The van der Waals surface area contributed by atoms with Gasteiger partial charge in [-0.05, 0) is 42.9 Å². The topological polar surface area (TPSA) is 50.7 Å². The van der Waals surface area contributed by atoms with Crippen LogP contribution in [0.4, 0.5) is 0 Å². The summed E-state index contributed by atoms with van der Waals surface area (Å²) >= 11 is 0. The monoisotopic (exact) mass is 293 g/mol. The van der Waals surface area contributed by atoms with Crippen molar-refractivity contribution in [2.24, 2.45) is 5.92 Å². The second kappa shape index (κ2) is 8.25. The Labute approximate surface area is 127 Å². The number of nitrogens with one attached hydrogen (secondary N) is 1. The molecule has 0 amide bonds. The Hall–Kier alpha value is -1.26. The molecular formula is C17H27NO3. The first-order chi connectivity index (χ1) is 10.2. The maximum absolute atomic E-state index is 9.81. The summed E-state index contributed by atoms with van der Waals surface area (Å²) in [6, 6.07) is 6.05. The molecule has 1 aromatic carbocycles. The third-order valence-electron chi connectivity index (χ3n) is 4.04. The number of aliphatic hydroxyl groups is 1. The standard InChI is InChI=1S/C17H27NO3/c1-3-9-21-16-8-7-13(10-17(16)20-2)11-18-12-14-5-4-6-15(14)19/h7-8,10,14-15,18-19H,3-6,9,11-12H2,1-2H3. The summed E-state index contributed by atoms with van der Waals surface area (Å²) in [5.74, 6) is 1.98. The highest BCUT2D eigenvalue weighted by atomic mass is 16.5. The molecule has 1 aromatic rings. The van der Waals surface area contributed by atoms with Crippen molar-refractivity contribution in [3.63, 3.8) is 0 Å². The van der Waals surface area contributed by atoms with Gasteiger partial charge in [-0.15, -0.1) is 0 Å². The third-order valence-corrected chi connectivity index (χ3v) is 4.04. The van der Waals surface area contributed by atoms with E-state index in [4.69, 9.17) is 9.47 Å². The Bertz CT molecular complexity index is 436. The SMILES string of the molecule is CCCOc1ccc(CNCC2CCCC2O)cc1OC. The number of benzene rings is 1. The second-order valence-corrected chi connectivity index (χ2v) is 5.72. The molecule has 21 heavy (non-hydrogen) atoms. The summed E-state index contributed by atoms with van der Waals surface area (Å²) in [5, 5.41) is 13.2. The summed E-state index contributed by atoms with van der Waals surface area (Å²) < 4.78 is 11.0. The van der Waals surface area contributed by atoms with Crippen LogP contribution in [0.15, 0.2) is 18.2 Å². The Morgan fingerprint density at radius 2 is 2.14 bits per heavy atom. The molecule has 0 heterocycles. The summed E-state index contributed by atoms with van der Waals surface area (Å²) in [4.78, 5) is 0. The van der Waals surface area contributed by atoms with Gasteiger partial charge in [0.1, 0.15) is 0 Å². The summed E-state index contributed by atoms with van der Waals surface area (Å²) in [7, 11) is 1.67. The summed E-state index contributed by atoms with van der Waals surface area (Å²) in [6.45, 7) is 4.45. The van der Waals surface area contributed by atoms with Gasteiger partial charge in [0.15, 0.2) is 11.5 Å². The largest absolute Gasteiger partial charge is 0.493 e. The van der Waals surface area contributed by atoms with E-state index >= 15 is 0 Å². The van der Waals surface area contributed by atoms with Gasteiger partial charge in [-0.2, -0.15) is 0 Å². The fourth-order valence-corrected chi connectivity index (χ4v) is 2.81. The van der Waals surface area contributed by atoms with Crippen LogP contribution >= 0.6 is 0 Å². The Balaban J connectivity index is 1.85. The van der Waals surface area contributed by atoms with Crippen LogP contribution in [0.5, 0.6) is 11.5 Å². The quantitative estimate of drug-likeness (QED) is 0.774. The Kier molecular flexibility index (Phi) is 6.33. The summed E-state index contributed by atoms with van der Waals surface area (Å²) in [5.41, 5.74) is 1.17. The molecule has 0 aliphatic heterocycles. The molecule has 0 aromatic heterocycles. The van der Waals surface area contributed by atoms with Gasteiger partial charge < -0.3 is 19.9 Å². The van der Waals surface area contributed by atoms with E-state index in [2.05, 4.69) is 18.3 Å². The van der Waals surface area contributed by atoms with Crippen molar-refractivity contribution >= 4 is 0 Å². The van der Waals surface area contributed by atoms with E-state index in [1.165, 1.54) is 5.56 Å². The molecule has 1 saturated carbocycles. The van der Waals surface area contributed by atoms with Crippen LogP contribution in [0, 0.1) is 5.92 Å².